The van der Waals surface area contributed by atoms with E-state index in [1.165, 1.54) is 5.56 Å². The number of methoxy groups -OCH3 is 2. The molecular weight excluding hydrogens is 326 g/mol. The van der Waals surface area contributed by atoms with Gasteiger partial charge in [0, 0.05) is 5.56 Å². The molecule has 0 aromatic heterocycles. The van der Waals surface area contributed by atoms with Crippen LogP contribution in [0.3, 0.4) is 0 Å². The quantitative estimate of drug-likeness (QED) is 0.803. The Morgan fingerprint density at radius 2 is 1.62 bits per heavy atom. The SMILES string of the molecule is CC[C@@H](NC(=O)c1ccc(C(C)(C)C)cc1)c1ccc(OC)c(OC)c1. The summed E-state index contributed by atoms with van der Waals surface area (Å²) in [6, 6.07) is 13.5. The number of hydrogen-bond acceptors (Lipinski definition) is 3. The van der Waals surface area contributed by atoms with E-state index in [4.69, 9.17) is 9.47 Å². The van der Waals surface area contributed by atoms with Crippen molar-refractivity contribution in [3.05, 3.63) is 59.2 Å². The lowest BCUT2D eigenvalue weighted by atomic mass is 9.86. The number of carbonyl (C=O) groups is 1. The zero-order valence-corrected chi connectivity index (χ0v) is 16.6. The maximum Gasteiger partial charge on any atom is 0.251 e. The van der Waals surface area contributed by atoms with Gasteiger partial charge in [0.25, 0.3) is 5.91 Å². The smallest absolute Gasteiger partial charge is 0.251 e. The molecule has 0 heterocycles. The molecule has 0 saturated heterocycles. The molecule has 0 saturated carbocycles. The molecule has 0 aliphatic carbocycles. The predicted octanol–water partition coefficient (Wildman–Crippen LogP) is 4.88. The van der Waals surface area contributed by atoms with Crippen LogP contribution in [0, 0.1) is 0 Å². The zero-order valence-electron chi connectivity index (χ0n) is 16.6. The average molecular weight is 355 g/mol. The van der Waals surface area contributed by atoms with Gasteiger partial charge in [-0.1, -0.05) is 45.9 Å². The van der Waals surface area contributed by atoms with Gasteiger partial charge in [0.15, 0.2) is 11.5 Å². The van der Waals surface area contributed by atoms with Gasteiger partial charge < -0.3 is 14.8 Å². The molecule has 2 rings (SSSR count). The number of ether oxygens (including phenoxy) is 2. The minimum absolute atomic E-state index is 0.0700. The van der Waals surface area contributed by atoms with Gasteiger partial charge in [-0.25, -0.2) is 0 Å². The summed E-state index contributed by atoms with van der Waals surface area (Å²) >= 11 is 0. The van der Waals surface area contributed by atoms with Gasteiger partial charge in [-0.15, -0.1) is 0 Å². The number of carbonyl (C=O) groups excluding carboxylic acids is 1. The van der Waals surface area contributed by atoms with Crippen LogP contribution < -0.4 is 14.8 Å². The third-order valence-electron chi connectivity index (χ3n) is 4.54. The average Bonchev–Trinajstić information content (AvgIpc) is 2.64. The van der Waals surface area contributed by atoms with Crippen LogP contribution in [0.5, 0.6) is 11.5 Å². The summed E-state index contributed by atoms with van der Waals surface area (Å²) in [7, 11) is 3.22. The summed E-state index contributed by atoms with van der Waals surface area (Å²) in [5, 5.41) is 3.11. The highest BCUT2D eigenvalue weighted by atomic mass is 16.5. The molecule has 4 nitrogen and oxygen atoms in total. The van der Waals surface area contributed by atoms with Crippen molar-refractivity contribution >= 4 is 5.91 Å². The van der Waals surface area contributed by atoms with E-state index in [1.807, 2.05) is 49.4 Å². The Hall–Kier alpha value is -2.49. The van der Waals surface area contributed by atoms with E-state index in [1.54, 1.807) is 14.2 Å². The molecule has 26 heavy (non-hydrogen) atoms. The topological polar surface area (TPSA) is 47.6 Å². The van der Waals surface area contributed by atoms with Crippen molar-refractivity contribution in [2.45, 2.75) is 45.6 Å². The summed E-state index contributed by atoms with van der Waals surface area (Å²) in [5.41, 5.74) is 2.93. The summed E-state index contributed by atoms with van der Waals surface area (Å²) < 4.78 is 10.6. The third-order valence-corrected chi connectivity index (χ3v) is 4.54. The van der Waals surface area contributed by atoms with Crippen LogP contribution in [0.2, 0.25) is 0 Å². The molecule has 0 aliphatic rings. The van der Waals surface area contributed by atoms with E-state index in [0.717, 1.165) is 12.0 Å². The highest BCUT2D eigenvalue weighted by molar-refractivity contribution is 5.94. The molecule has 1 atom stereocenters. The van der Waals surface area contributed by atoms with Gasteiger partial charge in [-0.05, 0) is 47.2 Å². The van der Waals surface area contributed by atoms with Gasteiger partial charge in [0.05, 0.1) is 20.3 Å². The van der Waals surface area contributed by atoms with Crippen molar-refractivity contribution in [1.82, 2.24) is 5.32 Å². The second kappa shape index (κ2) is 8.26. The van der Waals surface area contributed by atoms with Gasteiger partial charge in [-0.3, -0.25) is 4.79 Å². The van der Waals surface area contributed by atoms with E-state index in [2.05, 4.69) is 26.1 Å². The maximum absolute atomic E-state index is 12.7. The van der Waals surface area contributed by atoms with Gasteiger partial charge in [0.1, 0.15) is 0 Å². The monoisotopic (exact) mass is 355 g/mol. The molecule has 0 radical (unpaired) electrons. The fourth-order valence-electron chi connectivity index (χ4n) is 2.85. The second-order valence-electron chi connectivity index (χ2n) is 7.38. The van der Waals surface area contributed by atoms with E-state index in [-0.39, 0.29) is 17.4 Å². The van der Waals surface area contributed by atoms with Crippen LogP contribution in [0.15, 0.2) is 42.5 Å². The summed E-state index contributed by atoms with van der Waals surface area (Å²) in [5.74, 6) is 1.26. The molecule has 1 N–H and O–H groups in total. The Bertz CT molecular complexity index is 745. The Labute approximate surface area is 156 Å². The second-order valence-corrected chi connectivity index (χ2v) is 7.38. The summed E-state index contributed by atoms with van der Waals surface area (Å²) in [6.45, 7) is 8.52. The van der Waals surface area contributed by atoms with E-state index in [0.29, 0.717) is 17.1 Å². The fraction of sp³-hybridized carbons (Fsp3) is 0.409. The minimum atomic E-state index is -0.0930. The standard InChI is InChI=1S/C22H29NO3/c1-7-18(16-10-13-19(25-5)20(14-16)26-6)23-21(24)15-8-11-17(12-9-15)22(2,3)4/h8-14,18H,7H2,1-6H3,(H,23,24)/t18-/m1/s1. The molecule has 1 amide bonds. The largest absolute Gasteiger partial charge is 0.493 e. The van der Waals surface area contributed by atoms with Crippen molar-refractivity contribution in [1.29, 1.82) is 0 Å². The van der Waals surface area contributed by atoms with Crippen LogP contribution in [-0.4, -0.2) is 20.1 Å². The Morgan fingerprint density at radius 1 is 1.00 bits per heavy atom. The first-order valence-electron chi connectivity index (χ1n) is 8.93. The number of nitrogens with one attached hydrogen (secondary N) is 1. The Balaban J connectivity index is 2.18. The number of hydrogen-bond donors (Lipinski definition) is 1. The Kier molecular flexibility index (Phi) is 6.30. The van der Waals surface area contributed by atoms with Crippen LogP contribution in [0.25, 0.3) is 0 Å². The first kappa shape index (κ1) is 19.8. The molecular formula is C22H29NO3. The molecule has 4 heteroatoms. The number of amides is 1. The molecule has 0 spiro atoms. The first-order valence-corrected chi connectivity index (χ1v) is 8.93. The van der Waals surface area contributed by atoms with Crippen LogP contribution in [-0.2, 0) is 5.41 Å². The maximum atomic E-state index is 12.7. The fourth-order valence-corrected chi connectivity index (χ4v) is 2.85. The van der Waals surface area contributed by atoms with Gasteiger partial charge in [-0.2, -0.15) is 0 Å². The van der Waals surface area contributed by atoms with Crippen LogP contribution in [0.4, 0.5) is 0 Å². The highest BCUT2D eigenvalue weighted by Crippen LogP contribution is 2.31. The van der Waals surface area contributed by atoms with Crippen molar-refractivity contribution in [3.8, 4) is 11.5 Å². The minimum Gasteiger partial charge on any atom is -0.493 e. The van der Waals surface area contributed by atoms with Crippen molar-refractivity contribution in [3.63, 3.8) is 0 Å². The van der Waals surface area contributed by atoms with Crippen LogP contribution >= 0.6 is 0 Å². The van der Waals surface area contributed by atoms with Crippen molar-refractivity contribution in [2.75, 3.05) is 14.2 Å². The molecule has 0 bridgehead atoms. The lowest BCUT2D eigenvalue weighted by Gasteiger charge is -2.21. The van der Waals surface area contributed by atoms with E-state index in [9.17, 15) is 4.79 Å². The number of benzene rings is 2. The van der Waals surface area contributed by atoms with Crippen molar-refractivity contribution < 1.29 is 14.3 Å². The molecule has 0 unspecified atom stereocenters. The van der Waals surface area contributed by atoms with E-state index >= 15 is 0 Å². The van der Waals surface area contributed by atoms with Crippen LogP contribution in [0.1, 0.15) is 61.6 Å². The summed E-state index contributed by atoms with van der Waals surface area (Å²) in [6.07, 6.45) is 0.779. The van der Waals surface area contributed by atoms with Gasteiger partial charge in [0.2, 0.25) is 0 Å². The third kappa shape index (κ3) is 4.57. The number of rotatable bonds is 6. The lowest BCUT2D eigenvalue weighted by molar-refractivity contribution is 0.0935. The molecule has 140 valence electrons. The lowest BCUT2D eigenvalue weighted by Crippen LogP contribution is -2.28. The van der Waals surface area contributed by atoms with E-state index < -0.39 is 0 Å². The predicted molar refractivity (Wildman–Crippen MR) is 105 cm³/mol. The summed E-state index contributed by atoms with van der Waals surface area (Å²) in [4.78, 5) is 12.7. The zero-order chi connectivity index (χ0) is 19.3. The Morgan fingerprint density at radius 3 is 2.12 bits per heavy atom. The normalized spacial score (nSPS) is 12.4. The molecule has 0 fully saturated rings. The van der Waals surface area contributed by atoms with Crippen molar-refractivity contribution in [2.24, 2.45) is 0 Å². The molecule has 2 aromatic rings. The van der Waals surface area contributed by atoms with Gasteiger partial charge >= 0.3 is 0 Å². The molecule has 2 aromatic carbocycles. The molecule has 0 aliphatic heterocycles. The first-order chi connectivity index (χ1) is 12.3. The highest BCUT2D eigenvalue weighted by Gasteiger charge is 2.18.